The summed E-state index contributed by atoms with van der Waals surface area (Å²) in [6.45, 7) is 0. The summed E-state index contributed by atoms with van der Waals surface area (Å²) < 4.78 is 0. The number of rotatable bonds is 3. The number of benzene rings is 3. The highest BCUT2D eigenvalue weighted by atomic mass is 16.4. The molecule has 0 aliphatic heterocycles. The second-order valence-electron chi connectivity index (χ2n) is 4.98. The van der Waals surface area contributed by atoms with Crippen molar-refractivity contribution in [2.45, 2.75) is 0 Å². The maximum absolute atomic E-state index is 11.1. The van der Waals surface area contributed by atoms with Gasteiger partial charge >= 0.3 is 5.97 Å². The van der Waals surface area contributed by atoms with E-state index in [-0.39, 0.29) is 11.3 Å². The van der Waals surface area contributed by atoms with Gasteiger partial charge in [-0.25, -0.2) is 4.79 Å². The first-order valence-electron chi connectivity index (χ1n) is 6.87. The Bertz CT molecular complexity index is 806. The Hall–Kier alpha value is -3.07. The van der Waals surface area contributed by atoms with Crippen LogP contribution in [0.5, 0.6) is 5.75 Å². The standard InChI is InChI=1S/C19H14O3/c20-18-11-10-16(19(21)22)12-17(18)15-8-6-14(7-9-15)13-4-2-1-3-5-13/h1-12,20H,(H,21,22). The van der Waals surface area contributed by atoms with Gasteiger partial charge in [0.15, 0.2) is 0 Å². The zero-order valence-electron chi connectivity index (χ0n) is 11.7. The van der Waals surface area contributed by atoms with E-state index in [1.807, 2.05) is 54.6 Å². The highest BCUT2D eigenvalue weighted by Gasteiger charge is 2.09. The molecule has 0 aromatic heterocycles. The molecule has 3 aromatic carbocycles. The summed E-state index contributed by atoms with van der Waals surface area (Å²) in [6, 6.07) is 21.9. The fourth-order valence-corrected chi connectivity index (χ4v) is 2.37. The van der Waals surface area contributed by atoms with E-state index in [9.17, 15) is 9.90 Å². The summed E-state index contributed by atoms with van der Waals surface area (Å²) in [4.78, 5) is 11.1. The van der Waals surface area contributed by atoms with Crippen molar-refractivity contribution in [3.05, 3.63) is 78.4 Å². The van der Waals surface area contributed by atoms with Crippen LogP contribution in [-0.4, -0.2) is 16.2 Å². The van der Waals surface area contributed by atoms with Gasteiger partial charge in [-0.2, -0.15) is 0 Å². The van der Waals surface area contributed by atoms with E-state index in [2.05, 4.69) is 0 Å². The third-order valence-corrected chi connectivity index (χ3v) is 3.55. The van der Waals surface area contributed by atoms with E-state index < -0.39 is 5.97 Å². The molecule has 2 N–H and O–H groups in total. The molecule has 0 aliphatic rings. The van der Waals surface area contributed by atoms with Crippen molar-refractivity contribution in [3.63, 3.8) is 0 Å². The lowest BCUT2D eigenvalue weighted by molar-refractivity contribution is 0.0697. The van der Waals surface area contributed by atoms with E-state index in [4.69, 9.17) is 5.11 Å². The Morgan fingerprint density at radius 3 is 1.95 bits per heavy atom. The minimum Gasteiger partial charge on any atom is -0.507 e. The zero-order valence-corrected chi connectivity index (χ0v) is 11.7. The van der Waals surface area contributed by atoms with Gasteiger partial charge in [0.25, 0.3) is 0 Å². The van der Waals surface area contributed by atoms with Crippen LogP contribution in [0.25, 0.3) is 22.3 Å². The van der Waals surface area contributed by atoms with Crippen LogP contribution in [-0.2, 0) is 0 Å². The molecule has 22 heavy (non-hydrogen) atoms. The van der Waals surface area contributed by atoms with E-state index in [1.54, 1.807) is 0 Å². The minimum absolute atomic E-state index is 0.0671. The Labute approximate surface area is 128 Å². The molecule has 3 rings (SSSR count). The SMILES string of the molecule is O=C(O)c1ccc(O)c(-c2ccc(-c3ccccc3)cc2)c1. The van der Waals surface area contributed by atoms with E-state index in [0.29, 0.717) is 5.56 Å². The maximum atomic E-state index is 11.1. The van der Waals surface area contributed by atoms with Crippen LogP contribution >= 0.6 is 0 Å². The predicted octanol–water partition coefficient (Wildman–Crippen LogP) is 4.42. The molecule has 0 saturated heterocycles. The predicted molar refractivity (Wildman–Crippen MR) is 85.9 cm³/mol. The molecule has 3 nitrogen and oxygen atoms in total. The fraction of sp³-hybridized carbons (Fsp3) is 0. The highest BCUT2D eigenvalue weighted by molar-refractivity contribution is 5.90. The molecular formula is C19H14O3. The van der Waals surface area contributed by atoms with Gasteiger partial charge in [-0.05, 0) is 34.9 Å². The van der Waals surface area contributed by atoms with Gasteiger partial charge in [0.2, 0.25) is 0 Å². The average Bonchev–Trinajstić information content (AvgIpc) is 2.56. The summed E-state index contributed by atoms with van der Waals surface area (Å²) in [5, 5.41) is 19.0. The summed E-state index contributed by atoms with van der Waals surface area (Å²) >= 11 is 0. The van der Waals surface area contributed by atoms with E-state index in [0.717, 1.165) is 16.7 Å². The lowest BCUT2D eigenvalue weighted by Gasteiger charge is -2.08. The smallest absolute Gasteiger partial charge is 0.335 e. The van der Waals surface area contributed by atoms with Crippen LogP contribution in [0.2, 0.25) is 0 Å². The lowest BCUT2D eigenvalue weighted by Crippen LogP contribution is -1.96. The van der Waals surface area contributed by atoms with Gasteiger partial charge in [0, 0.05) is 5.56 Å². The molecule has 0 fully saturated rings. The van der Waals surface area contributed by atoms with Gasteiger partial charge in [-0.1, -0.05) is 54.6 Å². The van der Waals surface area contributed by atoms with Crippen molar-refractivity contribution in [1.29, 1.82) is 0 Å². The Morgan fingerprint density at radius 2 is 1.32 bits per heavy atom. The molecule has 0 unspecified atom stereocenters. The molecule has 0 bridgehead atoms. The van der Waals surface area contributed by atoms with Crippen LogP contribution in [0.1, 0.15) is 10.4 Å². The van der Waals surface area contributed by atoms with Crippen molar-refractivity contribution in [3.8, 4) is 28.0 Å². The number of aromatic carboxylic acids is 1. The summed E-state index contributed by atoms with van der Waals surface area (Å²) in [5.74, 6) is -0.945. The second-order valence-corrected chi connectivity index (χ2v) is 4.98. The Morgan fingerprint density at radius 1 is 0.727 bits per heavy atom. The van der Waals surface area contributed by atoms with Gasteiger partial charge < -0.3 is 10.2 Å². The molecule has 0 atom stereocenters. The number of carbonyl (C=O) groups is 1. The summed E-state index contributed by atoms with van der Waals surface area (Å²) in [6.07, 6.45) is 0. The van der Waals surface area contributed by atoms with Crippen LogP contribution in [0.4, 0.5) is 0 Å². The molecule has 0 heterocycles. The van der Waals surface area contributed by atoms with Crippen LogP contribution in [0.15, 0.2) is 72.8 Å². The summed E-state index contributed by atoms with van der Waals surface area (Å²) in [5.41, 5.74) is 3.62. The average molecular weight is 290 g/mol. The number of carboxylic acids is 1. The van der Waals surface area contributed by atoms with Crippen molar-refractivity contribution >= 4 is 5.97 Å². The molecule has 0 radical (unpaired) electrons. The van der Waals surface area contributed by atoms with Crippen molar-refractivity contribution in [2.75, 3.05) is 0 Å². The van der Waals surface area contributed by atoms with Gasteiger partial charge in [-0.3, -0.25) is 0 Å². The normalized spacial score (nSPS) is 10.4. The Balaban J connectivity index is 2.00. The lowest BCUT2D eigenvalue weighted by atomic mass is 9.98. The number of hydrogen-bond acceptors (Lipinski definition) is 2. The molecule has 0 spiro atoms. The first kappa shape index (κ1) is 13.9. The van der Waals surface area contributed by atoms with Crippen LogP contribution in [0, 0.1) is 0 Å². The number of aromatic hydroxyl groups is 1. The summed E-state index contributed by atoms with van der Waals surface area (Å²) in [7, 11) is 0. The van der Waals surface area contributed by atoms with Crippen molar-refractivity contribution < 1.29 is 15.0 Å². The highest BCUT2D eigenvalue weighted by Crippen LogP contribution is 2.31. The number of carboxylic acid groups (broad SMARTS) is 1. The molecule has 0 saturated carbocycles. The molecule has 108 valence electrons. The largest absolute Gasteiger partial charge is 0.507 e. The van der Waals surface area contributed by atoms with Crippen molar-refractivity contribution in [2.24, 2.45) is 0 Å². The number of phenols is 1. The zero-order chi connectivity index (χ0) is 15.5. The van der Waals surface area contributed by atoms with Gasteiger partial charge in [0.1, 0.15) is 5.75 Å². The maximum Gasteiger partial charge on any atom is 0.335 e. The number of phenolic OH excluding ortho intramolecular Hbond substituents is 1. The first-order chi connectivity index (χ1) is 10.6. The molecular weight excluding hydrogens is 276 g/mol. The minimum atomic E-state index is -1.01. The van der Waals surface area contributed by atoms with E-state index in [1.165, 1.54) is 18.2 Å². The molecule has 0 amide bonds. The third-order valence-electron chi connectivity index (χ3n) is 3.55. The van der Waals surface area contributed by atoms with Gasteiger partial charge in [0.05, 0.1) is 5.56 Å². The van der Waals surface area contributed by atoms with Crippen molar-refractivity contribution in [1.82, 2.24) is 0 Å². The Kier molecular flexibility index (Phi) is 3.62. The fourth-order valence-electron chi connectivity index (χ4n) is 2.37. The second kappa shape index (κ2) is 5.74. The van der Waals surface area contributed by atoms with Crippen LogP contribution in [0.3, 0.4) is 0 Å². The monoisotopic (exact) mass is 290 g/mol. The van der Waals surface area contributed by atoms with Crippen LogP contribution < -0.4 is 0 Å². The van der Waals surface area contributed by atoms with Gasteiger partial charge in [-0.15, -0.1) is 0 Å². The third kappa shape index (κ3) is 2.69. The quantitative estimate of drug-likeness (QED) is 0.750. The topological polar surface area (TPSA) is 57.5 Å². The molecule has 3 heteroatoms. The number of hydrogen-bond donors (Lipinski definition) is 2. The first-order valence-corrected chi connectivity index (χ1v) is 6.87. The van der Waals surface area contributed by atoms with E-state index >= 15 is 0 Å². The molecule has 3 aromatic rings. The molecule has 0 aliphatic carbocycles.